The van der Waals surface area contributed by atoms with Gasteiger partial charge in [0.05, 0.1) is 4.90 Å². The lowest BCUT2D eigenvalue weighted by atomic mass is 10.3. The summed E-state index contributed by atoms with van der Waals surface area (Å²) in [5, 5.41) is 0.498. The molecule has 144 valence electrons. The summed E-state index contributed by atoms with van der Waals surface area (Å²) in [6, 6.07) is 16.1. The Labute approximate surface area is 169 Å². The van der Waals surface area contributed by atoms with Crippen molar-refractivity contribution in [2.75, 3.05) is 31.9 Å². The fraction of sp³-hybridized carbons (Fsp3) is 0.316. The molecule has 1 aliphatic rings. The van der Waals surface area contributed by atoms with Crippen LogP contribution in [0, 0.1) is 0 Å². The van der Waals surface area contributed by atoms with Crippen LogP contribution in [0.2, 0.25) is 5.02 Å². The van der Waals surface area contributed by atoms with Gasteiger partial charge >= 0.3 is 0 Å². The molecule has 0 saturated carbocycles. The lowest BCUT2D eigenvalue weighted by Crippen LogP contribution is -2.50. The van der Waals surface area contributed by atoms with E-state index in [1.807, 2.05) is 30.3 Å². The highest BCUT2D eigenvalue weighted by molar-refractivity contribution is 7.99. The van der Waals surface area contributed by atoms with Crippen LogP contribution in [-0.2, 0) is 14.8 Å². The van der Waals surface area contributed by atoms with Crippen molar-refractivity contribution in [3.8, 4) is 0 Å². The minimum absolute atomic E-state index is 0.0713. The van der Waals surface area contributed by atoms with Crippen molar-refractivity contribution in [1.29, 1.82) is 0 Å². The zero-order valence-electron chi connectivity index (χ0n) is 14.8. The molecule has 1 amide bonds. The maximum absolute atomic E-state index is 12.7. The van der Waals surface area contributed by atoms with Crippen molar-refractivity contribution in [3.63, 3.8) is 0 Å². The molecule has 3 rings (SSSR count). The Bertz CT molecular complexity index is 866. The van der Waals surface area contributed by atoms with Gasteiger partial charge < -0.3 is 4.90 Å². The van der Waals surface area contributed by atoms with Gasteiger partial charge in [-0.25, -0.2) is 8.42 Å². The molecule has 5 nitrogen and oxygen atoms in total. The van der Waals surface area contributed by atoms with Crippen molar-refractivity contribution in [2.45, 2.75) is 16.2 Å². The van der Waals surface area contributed by atoms with E-state index in [4.69, 9.17) is 11.6 Å². The van der Waals surface area contributed by atoms with E-state index < -0.39 is 10.0 Å². The minimum Gasteiger partial charge on any atom is -0.340 e. The third kappa shape index (κ3) is 5.25. The topological polar surface area (TPSA) is 57.7 Å². The molecule has 0 N–H and O–H groups in total. The zero-order chi connectivity index (χ0) is 19.3. The van der Waals surface area contributed by atoms with Crippen LogP contribution >= 0.6 is 23.4 Å². The molecule has 1 heterocycles. The highest BCUT2D eigenvalue weighted by Gasteiger charge is 2.29. The molecule has 1 saturated heterocycles. The van der Waals surface area contributed by atoms with Crippen LogP contribution in [0.4, 0.5) is 0 Å². The van der Waals surface area contributed by atoms with Gasteiger partial charge in [0.15, 0.2) is 0 Å². The largest absolute Gasteiger partial charge is 0.340 e. The third-order valence-corrected chi connectivity index (χ3v) is 7.55. The van der Waals surface area contributed by atoms with Crippen LogP contribution in [0.3, 0.4) is 0 Å². The second-order valence-corrected chi connectivity index (χ2v) is 9.69. The molecule has 2 aromatic rings. The van der Waals surface area contributed by atoms with E-state index in [-0.39, 0.29) is 10.8 Å². The van der Waals surface area contributed by atoms with Gasteiger partial charge in [0, 0.05) is 48.3 Å². The first-order valence-electron chi connectivity index (χ1n) is 8.68. The Morgan fingerprint density at radius 2 is 1.59 bits per heavy atom. The third-order valence-electron chi connectivity index (χ3n) is 4.37. The average Bonchev–Trinajstić information content (AvgIpc) is 2.69. The molecule has 0 radical (unpaired) electrons. The number of thioether (sulfide) groups is 1. The summed E-state index contributed by atoms with van der Waals surface area (Å²) in [7, 11) is -3.55. The minimum atomic E-state index is -3.55. The van der Waals surface area contributed by atoms with E-state index in [2.05, 4.69) is 0 Å². The molecule has 0 aliphatic carbocycles. The van der Waals surface area contributed by atoms with Crippen LogP contribution in [0.15, 0.2) is 64.4 Å². The van der Waals surface area contributed by atoms with Crippen LogP contribution in [0.25, 0.3) is 0 Å². The van der Waals surface area contributed by atoms with Gasteiger partial charge in [0.1, 0.15) is 0 Å². The highest BCUT2D eigenvalue weighted by Crippen LogP contribution is 2.21. The Hall–Kier alpha value is -1.54. The van der Waals surface area contributed by atoms with Crippen LogP contribution in [0.5, 0.6) is 0 Å². The number of sulfonamides is 1. The number of carbonyl (C=O) groups excluding carboxylic acids is 1. The second kappa shape index (κ2) is 9.10. The second-order valence-electron chi connectivity index (χ2n) is 6.15. The number of carbonyl (C=O) groups is 1. The van der Waals surface area contributed by atoms with Crippen molar-refractivity contribution >= 4 is 39.3 Å². The van der Waals surface area contributed by atoms with Crippen molar-refractivity contribution in [2.24, 2.45) is 0 Å². The first-order chi connectivity index (χ1) is 13.0. The van der Waals surface area contributed by atoms with Gasteiger partial charge in [-0.3, -0.25) is 4.79 Å². The fourth-order valence-electron chi connectivity index (χ4n) is 2.86. The maximum Gasteiger partial charge on any atom is 0.243 e. The van der Waals surface area contributed by atoms with E-state index in [9.17, 15) is 13.2 Å². The molecule has 2 aromatic carbocycles. The number of piperazine rings is 1. The standard InChI is InChI=1S/C19H21ClN2O3S2/c20-16-6-8-18(9-7-16)27(24,25)22-13-11-21(12-14-22)19(23)10-15-26-17-4-2-1-3-5-17/h1-9H,10-15H2. The molecule has 1 fully saturated rings. The smallest absolute Gasteiger partial charge is 0.243 e. The molecule has 0 aromatic heterocycles. The summed E-state index contributed by atoms with van der Waals surface area (Å²) in [5.41, 5.74) is 0. The summed E-state index contributed by atoms with van der Waals surface area (Å²) < 4.78 is 26.8. The van der Waals surface area contributed by atoms with Gasteiger partial charge in [0.25, 0.3) is 0 Å². The Morgan fingerprint density at radius 1 is 0.963 bits per heavy atom. The zero-order valence-corrected chi connectivity index (χ0v) is 17.1. The molecule has 1 aliphatic heterocycles. The predicted molar refractivity (Wildman–Crippen MR) is 109 cm³/mol. The van der Waals surface area contributed by atoms with Crippen molar-refractivity contribution in [3.05, 3.63) is 59.6 Å². The number of halogens is 1. The van der Waals surface area contributed by atoms with Crippen LogP contribution < -0.4 is 0 Å². The number of nitrogens with zero attached hydrogens (tertiary/aromatic N) is 2. The molecule has 27 heavy (non-hydrogen) atoms. The first-order valence-corrected chi connectivity index (χ1v) is 11.5. The monoisotopic (exact) mass is 424 g/mol. The molecule has 0 spiro atoms. The lowest BCUT2D eigenvalue weighted by molar-refractivity contribution is -0.131. The van der Waals surface area contributed by atoms with Gasteiger partial charge in [-0.05, 0) is 36.4 Å². The molecular formula is C19H21ClN2O3S2. The first kappa shape index (κ1) is 20.2. The maximum atomic E-state index is 12.7. The quantitative estimate of drug-likeness (QED) is 0.667. The van der Waals surface area contributed by atoms with Gasteiger partial charge in [-0.2, -0.15) is 4.31 Å². The predicted octanol–water partition coefficient (Wildman–Crippen LogP) is 3.36. The highest BCUT2D eigenvalue weighted by atomic mass is 35.5. The van der Waals surface area contributed by atoms with Crippen LogP contribution in [-0.4, -0.2) is 55.5 Å². The number of benzene rings is 2. The molecular weight excluding hydrogens is 404 g/mol. The Balaban J connectivity index is 1.49. The van der Waals surface area contributed by atoms with E-state index >= 15 is 0 Å². The van der Waals surface area contributed by atoms with E-state index in [0.717, 1.165) is 4.90 Å². The SMILES string of the molecule is O=C(CCSc1ccccc1)N1CCN(S(=O)(=O)c2ccc(Cl)cc2)CC1. The van der Waals surface area contributed by atoms with E-state index in [1.165, 1.54) is 16.4 Å². The van der Waals surface area contributed by atoms with Crippen LogP contribution in [0.1, 0.15) is 6.42 Å². The fourth-order valence-corrected chi connectivity index (χ4v) is 5.27. The lowest BCUT2D eigenvalue weighted by Gasteiger charge is -2.34. The summed E-state index contributed by atoms with van der Waals surface area (Å²) >= 11 is 7.48. The normalized spacial score (nSPS) is 15.7. The number of hydrogen-bond acceptors (Lipinski definition) is 4. The average molecular weight is 425 g/mol. The Morgan fingerprint density at radius 3 is 2.22 bits per heavy atom. The summed E-state index contributed by atoms with van der Waals surface area (Å²) in [6.45, 7) is 1.45. The van der Waals surface area contributed by atoms with Crippen molar-refractivity contribution < 1.29 is 13.2 Å². The Kier molecular flexibility index (Phi) is 6.81. The number of hydrogen-bond donors (Lipinski definition) is 0. The van der Waals surface area contributed by atoms with E-state index in [1.54, 1.807) is 28.8 Å². The molecule has 0 atom stereocenters. The summed E-state index contributed by atoms with van der Waals surface area (Å²) in [6.07, 6.45) is 0.448. The molecule has 0 bridgehead atoms. The van der Waals surface area contributed by atoms with Gasteiger partial charge in [0.2, 0.25) is 15.9 Å². The van der Waals surface area contributed by atoms with Crippen molar-refractivity contribution in [1.82, 2.24) is 9.21 Å². The number of amides is 1. The molecule has 0 unspecified atom stereocenters. The van der Waals surface area contributed by atoms with Gasteiger partial charge in [-0.1, -0.05) is 29.8 Å². The molecule has 8 heteroatoms. The van der Waals surface area contributed by atoms with Gasteiger partial charge in [-0.15, -0.1) is 11.8 Å². The summed E-state index contributed by atoms with van der Waals surface area (Å²) in [5.74, 6) is 0.786. The number of rotatable bonds is 6. The summed E-state index contributed by atoms with van der Waals surface area (Å²) in [4.78, 5) is 15.5. The van der Waals surface area contributed by atoms with E-state index in [0.29, 0.717) is 43.4 Å².